The number of carbonyl (C=O) groups excluding carboxylic acids is 2. The van der Waals surface area contributed by atoms with Crippen LogP contribution in [0, 0.1) is 12.7 Å². The van der Waals surface area contributed by atoms with Crippen LogP contribution in [-0.2, 0) is 9.59 Å². The van der Waals surface area contributed by atoms with Crippen LogP contribution in [-0.4, -0.2) is 40.2 Å². The first-order chi connectivity index (χ1) is 15.5. The number of hydrogen-bond acceptors (Lipinski definition) is 8. The second-order valence-corrected chi connectivity index (χ2v) is 8.31. The summed E-state index contributed by atoms with van der Waals surface area (Å²) in [5, 5.41) is 19.7. The van der Waals surface area contributed by atoms with Crippen LogP contribution < -0.4 is 14.4 Å². The molecule has 2 aliphatic heterocycles. The Kier molecular flexibility index (Phi) is 4.86. The van der Waals surface area contributed by atoms with Crippen molar-refractivity contribution < 1.29 is 28.6 Å². The number of anilines is 1. The normalized spacial score (nSPS) is 19.4. The molecule has 3 heterocycles. The van der Waals surface area contributed by atoms with Gasteiger partial charge in [0.1, 0.15) is 35.8 Å². The van der Waals surface area contributed by atoms with Gasteiger partial charge in [0.15, 0.2) is 11.5 Å². The fraction of sp³-hybridized carbons (Fsp3) is 0.182. The number of amides is 1. The molecule has 1 unspecified atom stereocenters. The zero-order valence-electron chi connectivity index (χ0n) is 16.7. The number of hydrogen-bond donors (Lipinski definition) is 1. The standard InChI is InChI=1S/C22H16FN3O5S/c1-11-24-25-22(32-11)26-18(13-4-2-3-5-14(13)23)17(20(28)21(26)29)19(27)12-6-7-15-16(10-12)31-9-8-30-15/h2-7,10,18,27H,8-9H2,1H3/b19-17+. The molecule has 5 rings (SSSR count). The van der Waals surface area contributed by atoms with Crippen molar-refractivity contribution in [1.29, 1.82) is 0 Å². The van der Waals surface area contributed by atoms with Gasteiger partial charge in [-0.3, -0.25) is 14.5 Å². The van der Waals surface area contributed by atoms with Crippen molar-refractivity contribution >= 4 is 33.9 Å². The van der Waals surface area contributed by atoms with Gasteiger partial charge >= 0.3 is 5.91 Å². The van der Waals surface area contributed by atoms with Gasteiger partial charge in [-0.1, -0.05) is 29.5 Å². The largest absolute Gasteiger partial charge is 0.507 e. The molecule has 10 heteroatoms. The van der Waals surface area contributed by atoms with Crippen LogP contribution in [0.4, 0.5) is 9.52 Å². The van der Waals surface area contributed by atoms with E-state index in [-0.39, 0.29) is 21.8 Å². The van der Waals surface area contributed by atoms with E-state index in [4.69, 9.17) is 9.47 Å². The molecule has 1 N–H and O–H groups in total. The van der Waals surface area contributed by atoms with Gasteiger partial charge < -0.3 is 14.6 Å². The summed E-state index contributed by atoms with van der Waals surface area (Å²) in [6.45, 7) is 2.44. The molecule has 2 aliphatic rings. The monoisotopic (exact) mass is 453 g/mol. The molecule has 1 aromatic heterocycles. The average molecular weight is 453 g/mol. The van der Waals surface area contributed by atoms with E-state index in [1.54, 1.807) is 25.1 Å². The third kappa shape index (κ3) is 3.19. The third-order valence-corrected chi connectivity index (χ3v) is 6.02. The van der Waals surface area contributed by atoms with Crippen LogP contribution in [0.3, 0.4) is 0 Å². The number of aryl methyl sites for hydroxylation is 1. The highest BCUT2D eigenvalue weighted by molar-refractivity contribution is 7.15. The number of rotatable bonds is 3. The molecule has 32 heavy (non-hydrogen) atoms. The van der Waals surface area contributed by atoms with Crippen LogP contribution in [0.25, 0.3) is 5.76 Å². The summed E-state index contributed by atoms with van der Waals surface area (Å²) >= 11 is 1.09. The minimum atomic E-state index is -1.21. The predicted octanol–water partition coefficient (Wildman–Crippen LogP) is 3.38. The highest BCUT2D eigenvalue weighted by Gasteiger charge is 2.49. The average Bonchev–Trinajstić information content (AvgIpc) is 3.34. The van der Waals surface area contributed by atoms with Crippen LogP contribution >= 0.6 is 11.3 Å². The van der Waals surface area contributed by atoms with Crippen LogP contribution in [0.15, 0.2) is 48.0 Å². The summed E-state index contributed by atoms with van der Waals surface area (Å²) in [5.74, 6) is -2.04. The van der Waals surface area contributed by atoms with E-state index < -0.39 is 29.3 Å². The molecule has 0 radical (unpaired) electrons. The number of Topliss-reactive ketones (excluding diaryl/α,β-unsaturated/α-hetero) is 1. The summed E-state index contributed by atoms with van der Waals surface area (Å²) in [6.07, 6.45) is 0. The lowest BCUT2D eigenvalue weighted by atomic mass is 9.95. The number of aliphatic hydroxyl groups is 1. The van der Waals surface area contributed by atoms with E-state index in [2.05, 4.69) is 10.2 Å². The van der Waals surface area contributed by atoms with Crippen molar-refractivity contribution in [3.63, 3.8) is 0 Å². The molecule has 0 spiro atoms. The lowest BCUT2D eigenvalue weighted by molar-refractivity contribution is -0.132. The smallest absolute Gasteiger partial charge is 0.301 e. The second kappa shape index (κ2) is 7.72. The van der Waals surface area contributed by atoms with Gasteiger partial charge in [0.2, 0.25) is 5.13 Å². The summed E-state index contributed by atoms with van der Waals surface area (Å²) in [4.78, 5) is 27.1. The van der Waals surface area contributed by atoms with Crippen LogP contribution in [0.1, 0.15) is 22.2 Å². The zero-order valence-corrected chi connectivity index (χ0v) is 17.6. The first-order valence-electron chi connectivity index (χ1n) is 9.71. The number of nitrogens with zero attached hydrogens (tertiary/aromatic N) is 3. The Morgan fingerprint density at radius 2 is 1.88 bits per heavy atom. The quantitative estimate of drug-likeness (QED) is 0.368. The Morgan fingerprint density at radius 3 is 2.59 bits per heavy atom. The number of fused-ring (bicyclic) bond motifs is 1. The Balaban J connectivity index is 1.71. The van der Waals surface area contributed by atoms with Crippen LogP contribution in [0.2, 0.25) is 0 Å². The molecular weight excluding hydrogens is 437 g/mol. The van der Waals surface area contributed by atoms with Crippen molar-refractivity contribution in [3.8, 4) is 11.5 Å². The number of aromatic nitrogens is 2. The summed E-state index contributed by atoms with van der Waals surface area (Å²) in [7, 11) is 0. The van der Waals surface area contributed by atoms with Gasteiger partial charge in [-0.25, -0.2) is 4.39 Å². The number of carbonyl (C=O) groups is 2. The van der Waals surface area contributed by atoms with Gasteiger partial charge in [-0.15, -0.1) is 10.2 Å². The van der Waals surface area contributed by atoms with Crippen LogP contribution in [0.5, 0.6) is 11.5 Å². The fourth-order valence-corrected chi connectivity index (χ4v) is 4.46. The predicted molar refractivity (Wildman–Crippen MR) is 113 cm³/mol. The summed E-state index contributed by atoms with van der Waals surface area (Å²) < 4.78 is 25.9. The Morgan fingerprint density at radius 1 is 1.12 bits per heavy atom. The summed E-state index contributed by atoms with van der Waals surface area (Å²) in [5.41, 5.74) is 0.0466. The van der Waals surface area contributed by atoms with Crippen molar-refractivity contribution in [2.24, 2.45) is 0 Å². The van der Waals surface area contributed by atoms with Gasteiger partial charge in [0, 0.05) is 11.1 Å². The van der Waals surface area contributed by atoms with Gasteiger partial charge in [-0.2, -0.15) is 0 Å². The molecule has 2 aromatic carbocycles. The molecule has 0 bridgehead atoms. The fourth-order valence-electron chi connectivity index (χ4n) is 3.75. The number of benzene rings is 2. The lowest BCUT2D eigenvalue weighted by Gasteiger charge is -2.23. The molecule has 8 nitrogen and oxygen atoms in total. The Hall–Kier alpha value is -3.79. The third-order valence-electron chi connectivity index (χ3n) is 5.18. The van der Waals surface area contributed by atoms with E-state index in [9.17, 15) is 19.1 Å². The van der Waals surface area contributed by atoms with E-state index in [1.165, 1.54) is 24.3 Å². The lowest BCUT2D eigenvalue weighted by Crippen LogP contribution is -2.29. The van der Waals surface area contributed by atoms with Crippen molar-refractivity contribution in [1.82, 2.24) is 10.2 Å². The Labute approximate surface area is 185 Å². The maximum atomic E-state index is 14.8. The molecule has 0 saturated carbocycles. The molecule has 1 amide bonds. The SMILES string of the molecule is Cc1nnc(N2C(=O)C(=O)/C(=C(/O)c3ccc4c(c3)OCCO4)C2c2ccccc2F)s1. The maximum Gasteiger partial charge on any atom is 0.301 e. The molecular formula is C22H16FN3O5S. The van der Waals surface area contributed by atoms with Gasteiger partial charge in [-0.05, 0) is 31.2 Å². The van der Waals surface area contributed by atoms with E-state index in [0.29, 0.717) is 29.7 Å². The maximum absolute atomic E-state index is 14.8. The van der Waals surface area contributed by atoms with E-state index in [1.807, 2.05) is 0 Å². The number of ketones is 1. The van der Waals surface area contributed by atoms with E-state index in [0.717, 1.165) is 16.2 Å². The Bertz CT molecular complexity index is 1290. The zero-order chi connectivity index (χ0) is 22.4. The highest BCUT2D eigenvalue weighted by atomic mass is 32.1. The first kappa shape index (κ1) is 20.1. The van der Waals surface area contributed by atoms with Gasteiger partial charge in [0.25, 0.3) is 5.78 Å². The number of aliphatic hydroxyl groups excluding tert-OH is 1. The van der Waals surface area contributed by atoms with Crippen molar-refractivity contribution in [3.05, 3.63) is 70.0 Å². The van der Waals surface area contributed by atoms with Gasteiger partial charge in [0.05, 0.1) is 5.57 Å². The van der Waals surface area contributed by atoms with E-state index >= 15 is 0 Å². The van der Waals surface area contributed by atoms with Crippen molar-refractivity contribution in [2.75, 3.05) is 18.1 Å². The minimum Gasteiger partial charge on any atom is -0.507 e. The first-order valence-corrected chi connectivity index (χ1v) is 10.5. The highest BCUT2D eigenvalue weighted by Crippen LogP contribution is 2.44. The second-order valence-electron chi connectivity index (χ2n) is 7.15. The molecule has 1 saturated heterocycles. The molecule has 162 valence electrons. The molecule has 1 fully saturated rings. The molecule has 3 aromatic rings. The minimum absolute atomic E-state index is 0.0543. The number of ether oxygens (including phenoxy) is 2. The van der Waals surface area contributed by atoms with Crippen molar-refractivity contribution in [2.45, 2.75) is 13.0 Å². The number of halogens is 1. The molecule has 1 atom stereocenters. The summed E-state index contributed by atoms with van der Waals surface area (Å²) in [6, 6.07) is 9.24. The topological polar surface area (TPSA) is 102 Å². The molecule has 0 aliphatic carbocycles.